The summed E-state index contributed by atoms with van der Waals surface area (Å²) >= 11 is 0. The standard InChI is InChI=1S/C12H17N3O2/c13-7-9-2-1-3-10(6-9)15-12(14)11-8-16-4-5-17-11/h1-3,6,11H,4-5,7-8,13H2,(H2,14,15). The number of amidine groups is 1. The molecule has 0 radical (unpaired) electrons. The molecule has 1 aliphatic rings. The van der Waals surface area contributed by atoms with Crippen LogP contribution in [0, 0.1) is 0 Å². The molecule has 1 atom stereocenters. The summed E-state index contributed by atoms with van der Waals surface area (Å²) in [6.07, 6.45) is -0.245. The predicted octanol–water partition coefficient (Wildman–Crippen LogP) is 0.549. The zero-order chi connectivity index (χ0) is 12.1. The van der Waals surface area contributed by atoms with E-state index in [1.165, 1.54) is 0 Å². The van der Waals surface area contributed by atoms with Gasteiger partial charge in [0.1, 0.15) is 11.9 Å². The molecule has 0 aliphatic carbocycles. The van der Waals surface area contributed by atoms with E-state index in [9.17, 15) is 0 Å². The molecule has 1 heterocycles. The van der Waals surface area contributed by atoms with Crippen molar-refractivity contribution in [2.24, 2.45) is 16.5 Å². The van der Waals surface area contributed by atoms with E-state index in [1.54, 1.807) is 0 Å². The van der Waals surface area contributed by atoms with Crippen LogP contribution in [0.4, 0.5) is 5.69 Å². The number of ether oxygens (including phenoxy) is 2. The number of hydrogen-bond donors (Lipinski definition) is 2. The van der Waals surface area contributed by atoms with Gasteiger partial charge in [-0.1, -0.05) is 12.1 Å². The van der Waals surface area contributed by atoms with Gasteiger partial charge in [-0.25, -0.2) is 4.99 Å². The van der Waals surface area contributed by atoms with Gasteiger partial charge in [0, 0.05) is 6.54 Å². The Labute approximate surface area is 100 Å². The second-order valence-electron chi connectivity index (χ2n) is 3.85. The summed E-state index contributed by atoms with van der Waals surface area (Å²) < 4.78 is 10.7. The van der Waals surface area contributed by atoms with Crippen LogP contribution in [0.25, 0.3) is 0 Å². The topological polar surface area (TPSA) is 82.9 Å². The Morgan fingerprint density at radius 1 is 1.41 bits per heavy atom. The first kappa shape index (κ1) is 12.0. The van der Waals surface area contributed by atoms with Crippen molar-refractivity contribution in [3.05, 3.63) is 29.8 Å². The van der Waals surface area contributed by atoms with Crippen molar-refractivity contribution in [3.63, 3.8) is 0 Å². The molecule has 1 fully saturated rings. The molecule has 5 nitrogen and oxygen atoms in total. The fraction of sp³-hybridized carbons (Fsp3) is 0.417. The molecule has 2 rings (SSSR count). The normalized spacial score (nSPS) is 21.5. The van der Waals surface area contributed by atoms with Crippen molar-refractivity contribution >= 4 is 11.5 Å². The van der Waals surface area contributed by atoms with Gasteiger partial charge in [0.05, 0.1) is 25.5 Å². The third-order valence-electron chi connectivity index (χ3n) is 2.55. The summed E-state index contributed by atoms with van der Waals surface area (Å²) in [7, 11) is 0. The van der Waals surface area contributed by atoms with Crippen molar-refractivity contribution in [2.75, 3.05) is 19.8 Å². The molecule has 1 aliphatic heterocycles. The van der Waals surface area contributed by atoms with Crippen LogP contribution in [0.1, 0.15) is 5.56 Å². The minimum atomic E-state index is -0.245. The third kappa shape index (κ3) is 3.26. The molecule has 1 aromatic rings. The first-order valence-corrected chi connectivity index (χ1v) is 5.62. The molecule has 1 saturated heterocycles. The highest BCUT2D eigenvalue weighted by molar-refractivity contribution is 5.87. The fourth-order valence-corrected chi connectivity index (χ4v) is 1.63. The lowest BCUT2D eigenvalue weighted by molar-refractivity contribution is -0.0597. The summed E-state index contributed by atoms with van der Waals surface area (Å²) in [5.74, 6) is 0.443. The van der Waals surface area contributed by atoms with Gasteiger partial charge >= 0.3 is 0 Å². The van der Waals surface area contributed by atoms with Crippen LogP contribution in [-0.2, 0) is 16.0 Å². The highest BCUT2D eigenvalue weighted by Gasteiger charge is 2.18. The van der Waals surface area contributed by atoms with E-state index in [4.69, 9.17) is 20.9 Å². The molecule has 0 bridgehead atoms. The summed E-state index contributed by atoms with van der Waals surface area (Å²) in [6.45, 7) is 2.13. The molecule has 0 saturated carbocycles. The molecule has 5 heteroatoms. The van der Waals surface area contributed by atoms with E-state index in [2.05, 4.69) is 4.99 Å². The number of nitrogens with two attached hydrogens (primary N) is 2. The first-order chi connectivity index (χ1) is 8.29. The maximum Gasteiger partial charge on any atom is 0.138 e. The number of hydrogen-bond acceptors (Lipinski definition) is 4. The molecular weight excluding hydrogens is 218 g/mol. The molecule has 0 amide bonds. The first-order valence-electron chi connectivity index (χ1n) is 5.62. The molecule has 17 heavy (non-hydrogen) atoms. The maximum atomic E-state index is 5.89. The predicted molar refractivity (Wildman–Crippen MR) is 66.2 cm³/mol. The van der Waals surface area contributed by atoms with Gasteiger partial charge in [-0.05, 0) is 17.7 Å². The molecule has 1 unspecified atom stereocenters. The number of rotatable bonds is 3. The van der Waals surface area contributed by atoms with Crippen LogP contribution in [0.3, 0.4) is 0 Å². The van der Waals surface area contributed by atoms with Crippen molar-refractivity contribution in [1.29, 1.82) is 0 Å². The van der Waals surface area contributed by atoms with Crippen LogP contribution >= 0.6 is 0 Å². The summed E-state index contributed by atoms with van der Waals surface area (Å²) in [6, 6.07) is 7.66. The molecule has 0 aromatic heterocycles. The Bertz CT molecular complexity index is 400. The van der Waals surface area contributed by atoms with Crippen molar-refractivity contribution in [3.8, 4) is 0 Å². The van der Waals surface area contributed by atoms with Gasteiger partial charge in [0.2, 0.25) is 0 Å². The van der Waals surface area contributed by atoms with Crippen LogP contribution in [0.5, 0.6) is 0 Å². The molecular formula is C12H17N3O2. The second kappa shape index (κ2) is 5.77. The molecule has 92 valence electrons. The average Bonchev–Trinajstić information content (AvgIpc) is 2.40. The van der Waals surface area contributed by atoms with Gasteiger partial charge in [0.25, 0.3) is 0 Å². The van der Waals surface area contributed by atoms with Gasteiger partial charge in [-0.2, -0.15) is 0 Å². The van der Waals surface area contributed by atoms with Crippen LogP contribution < -0.4 is 11.5 Å². The fourth-order valence-electron chi connectivity index (χ4n) is 1.63. The van der Waals surface area contributed by atoms with Gasteiger partial charge in [0.15, 0.2) is 0 Å². The summed E-state index contributed by atoms with van der Waals surface area (Å²) in [5, 5.41) is 0. The molecule has 1 aromatic carbocycles. The minimum absolute atomic E-state index is 0.245. The SMILES string of the molecule is NCc1cccc(N=C(N)C2COCCO2)c1. The van der Waals surface area contributed by atoms with E-state index in [1.807, 2.05) is 24.3 Å². The Balaban J connectivity index is 2.10. The molecule has 4 N–H and O–H groups in total. The van der Waals surface area contributed by atoms with E-state index < -0.39 is 0 Å². The zero-order valence-electron chi connectivity index (χ0n) is 9.63. The highest BCUT2D eigenvalue weighted by Crippen LogP contribution is 2.15. The van der Waals surface area contributed by atoms with Crippen molar-refractivity contribution in [2.45, 2.75) is 12.6 Å². The van der Waals surface area contributed by atoms with Crippen LogP contribution in [0.15, 0.2) is 29.3 Å². The largest absolute Gasteiger partial charge is 0.385 e. The van der Waals surface area contributed by atoms with Gasteiger partial charge in [-0.15, -0.1) is 0 Å². The quantitative estimate of drug-likeness (QED) is 0.592. The lowest BCUT2D eigenvalue weighted by Crippen LogP contribution is -2.39. The Kier molecular flexibility index (Phi) is 4.08. The lowest BCUT2D eigenvalue weighted by atomic mass is 10.2. The Morgan fingerprint density at radius 2 is 2.29 bits per heavy atom. The van der Waals surface area contributed by atoms with E-state index in [-0.39, 0.29) is 6.10 Å². The maximum absolute atomic E-state index is 5.89. The van der Waals surface area contributed by atoms with Gasteiger partial charge in [-0.3, -0.25) is 0 Å². The van der Waals surface area contributed by atoms with Gasteiger partial charge < -0.3 is 20.9 Å². The smallest absolute Gasteiger partial charge is 0.138 e. The van der Waals surface area contributed by atoms with Crippen molar-refractivity contribution in [1.82, 2.24) is 0 Å². The summed E-state index contributed by atoms with van der Waals surface area (Å²) in [4.78, 5) is 4.33. The van der Waals surface area contributed by atoms with Crippen LogP contribution in [-0.4, -0.2) is 31.8 Å². The Hall–Kier alpha value is -1.43. The zero-order valence-corrected chi connectivity index (χ0v) is 9.63. The monoisotopic (exact) mass is 235 g/mol. The van der Waals surface area contributed by atoms with Crippen LogP contribution in [0.2, 0.25) is 0 Å². The van der Waals surface area contributed by atoms with E-state index in [0.717, 1.165) is 11.3 Å². The van der Waals surface area contributed by atoms with E-state index >= 15 is 0 Å². The average molecular weight is 235 g/mol. The number of benzene rings is 1. The third-order valence-corrected chi connectivity index (χ3v) is 2.55. The number of aliphatic imine (C=N–C) groups is 1. The number of nitrogens with zero attached hydrogens (tertiary/aromatic N) is 1. The minimum Gasteiger partial charge on any atom is -0.385 e. The highest BCUT2D eigenvalue weighted by atomic mass is 16.6. The van der Waals surface area contributed by atoms with E-state index in [0.29, 0.717) is 32.2 Å². The summed E-state index contributed by atoms with van der Waals surface area (Å²) in [5.41, 5.74) is 13.3. The Morgan fingerprint density at radius 3 is 3.00 bits per heavy atom. The second-order valence-corrected chi connectivity index (χ2v) is 3.85. The van der Waals surface area contributed by atoms with Crippen molar-refractivity contribution < 1.29 is 9.47 Å². The molecule has 0 spiro atoms. The lowest BCUT2D eigenvalue weighted by Gasteiger charge is -2.22.